The summed E-state index contributed by atoms with van der Waals surface area (Å²) in [5.74, 6) is -2.72. The third-order valence-corrected chi connectivity index (χ3v) is 7.97. The van der Waals surface area contributed by atoms with Crippen molar-refractivity contribution in [3.63, 3.8) is 0 Å². The molecule has 2 heterocycles. The summed E-state index contributed by atoms with van der Waals surface area (Å²) in [4.78, 5) is 25.9. The number of piperazine rings is 1. The molecule has 0 atom stereocenters. The molecule has 13 heteroatoms. The highest BCUT2D eigenvalue weighted by atomic mass is 32.2. The van der Waals surface area contributed by atoms with Crippen LogP contribution in [0, 0.1) is 6.92 Å². The number of alkyl halides is 3. The Morgan fingerprint density at radius 3 is 2.08 bits per heavy atom. The van der Waals surface area contributed by atoms with E-state index in [-0.39, 0.29) is 18.9 Å². The normalized spacial score (nSPS) is 17.4. The number of nitrogens with zero attached hydrogens (tertiary/aromatic N) is 3. The van der Waals surface area contributed by atoms with Gasteiger partial charge in [-0.1, -0.05) is 24.1 Å². The average Bonchev–Trinajstić information content (AvgIpc) is 2.85. The SMILES string of the molecule is Cc1ccc(S(=O)(=O)N(CCC(=O)N2CCNCC2)CCN2CCCCC2)cc1.O=C(O)C(F)(F)F. The zero-order valence-corrected chi connectivity index (χ0v) is 21.3. The Bertz CT molecular complexity index is 945. The first-order chi connectivity index (χ1) is 16.9. The fourth-order valence-electron chi connectivity index (χ4n) is 3.94. The van der Waals surface area contributed by atoms with Gasteiger partial charge in [0.05, 0.1) is 4.90 Å². The number of likely N-dealkylation sites (tertiary alicyclic amines) is 1. The predicted octanol–water partition coefficient (Wildman–Crippen LogP) is 1.93. The number of piperidine rings is 1. The van der Waals surface area contributed by atoms with Crippen LogP contribution >= 0.6 is 0 Å². The smallest absolute Gasteiger partial charge is 0.475 e. The summed E-state index contributed by atoms with van der Waals surface area (Å²) in [6.45, 7) is 8.34. The van der Waals surface area contributed by atoms with Gasteiger partial charge in [0.25, 0.3) is 0 Å². The lowest BCUT2D eigenvalue weighted by molar-refractivity contribution is -0.192. The molecule has 1 aromatic carbocycles. The van der Waals surface area contributed by atoms with E-state index in [1.54, 1.807) is 12.1 Å². The maximum Gasteiger partial charge on any atom is 0.490 e. The van der Waals surface area contributed by atoms with Crippen molar-refractivity contribution < 1.29 is 36.3 Å². The molecule has 2 aliphatic heterocycles. The average molecular weight is 537 g/mol. The lowest BCUT2D eigenvalue weighted by atomic mass is 10.1. The molecule has 9 nitrogen and oxygen atoms in total. The fraction of sp³-hybridized carbons (Fsp3) is 0.652. The molecular formula is C23H35F3N4O5S. The minimum atomic E-state index is -5.08. The summed E-state index contributed by atoms with van der Waals surface area (Å²) in [7, 11) is -3.62. The number of rotatable bonds is 8. The molecule has 0 unspecified atom stereocenters. The molecule has 2 saturated heterocycles. The lowest BCUT2D eigenvalue weighted by Crippen LogP contribution is -2.47. The summed E-state index contributed by atoms with van der Waals surface area (Å²) in [5.41, 5.74) is 1.03. The number of hydrogen-bond acceptors (Lipinski definition) is 6. The second-order valence-electron chi connectivity index (χ2n) is 8.80. The lowest BCUT2D eigenvalue weighted by Gasteiger charge is -2.31. The van der Waals surface area contributed by atoms with Gasteiger partial charge in [-0.2, -0.15) is 17.5 Å². The molecule has 36 heavy (non-hydrogen) atoms. The highest BCUT2D eigenvalue weighted by Gasteiger charge is 2.38. The second kappa shape index (κ2) is 13.9. The van der Waals surface area contributed by atoms with Crippen molar-refractivity contribution in [2.45, 2.75) is 43.7 Å². The number of aliphatic carboxylic acids is 1. The Morgan fingerprint density at radius 2 is 1.56 bits per heavy atom. The number of sulfonamides is 1. The number of aryl methyl sites for hydroxylation is 1. The van der Waals surface area contributed by atoms with Gasteiger partial charge in [-0.15, -0.1) is 0 Å². The number of halogens is 3. The maximum atomic E-state index is 13.3. The van der Waals surface area contributed by atoms with Gasteiger partial charge in [0.2, 0.25) is 15.9 Å². The van der Waals surface area contributed by atoms with E-state index in [2.05, 4.69) is 10.2 Å². The third-order valence-electron chi connectivity index (χ3n) is 6.06. The van der Waals surface area contributed by atoms with Crippen LogP contribution in [0.2, 0.25) is 0 Å². The van der Waals surface area contributed by atoms with Crippen molar-refractivity contribution >= 4 is 21.9 Å². The minimum Gasteiger partial charge on any atom is -0.475 e. The summed E-state index contributed by atoms with van der Waals surface area (Å²) in [5, 5.41) is 10.4. The standard InChI is InChI=1S/C21H34N4O3S.C2HF3O2/c1-19-5-7-20(8-6-19)29(27,28)25(18-17-23-12-3-2-4-13-23)14-9-21(26)24-15-10-22-11-16-24;3-2(4,5)1(6)7/h5-8,22H,2-4,9-18H2,1H3;(H,6,7). The number of carbonyl (C=O) groups is 2. The van der Waals surface area contributed by atoms with E-state index in [4.69, 9.17) is 9.90 Å². The van der Waals surface area contributed by atoms with Crippen molar-refractivity contribution in [3.05, 3.63) is 29.8 Å². The second-order valence-corrected chi connectivity index (χ2v) is 10.7. The Morgan fingerprint density at radius 1 is 1.00 bits per heavy atom. The Kier molecular flexibility index (Phi) is 11.6. The Balaban J connectivity index is 0.000000572. The van der Waals surface area contributed by atoms with Gasteiger partial charge in [-0.3, -0.25) is 4.79 Å². The van der Waals surface area contributed by atoms with Crippen LogP contribution in [-0.4, -0.2) is 105 Å². The van der Waals surface area contributed by atoms with Gasteiger partial charge >= 0.3 is 12.1 Å². The molecule has 3 rings (SSSR count). The number of carboxylic acids is 1. The highest BCUT2D eigenvalue weighted by Crippen LogP contribution is 2.18. The number of carboxylic acid groups (broad SMARTS) is 1. The van der Waals surface area contributed by atoms with E-state index in [9.17, 15) is 26.4 Å². The molecule has 2 N–H and O–H groups in total. The highest BCUT2D eigenvalue weighted by molar-refractivity contribution is 7.89. The Hall–Kier alpha value is -2.22. The van der Waals surface area contributed by atoms with Crippen molar-refractivity contribution in [3.8, 4) is 0 Å². The Labute approximate surface area is 210 Å². The van der Waals surface area contributed by atoms with Crippen molar-refractivity contribution in [1.29, 1.82) is 0 Å². The zero-order chi connectivity index (χ0) is 26.8. The molecule has 1 aromatic rings. The van der Waals surface area contributed by atoms with Crippen LogP contribution < -0.4 is 5.32 Å². The van der Waals surface area contributed by atoms with E-state index < -0.39 is 22.2 Å². The van der Waals surface area contributed by atoms with E-state index in [1.165, 1.54) is 23.6 Å². The molecule has 2 aliphatic rings. The van der Waals surface area contributed by atoms with Crippen LogP contribution in [0.3, 0.4) is 0 Å². The topological polar surface area (TPSA) is 110 Å². The van der Waals surface area contributed by atoms with Crippen molar-refractivity contribution in [1.82, 2.24) is 19.4 Å². The molecule has 0 aliphatic carbocycles. The van der Waals surface area contributed by atoms with Crippen LogP contribution in [0.15, 0.2) is 29.2 Å². The number of amides is 1. The van der Waals surface area contributed by atoms with Gasteiger partial charge in [0.15, 0.2) is 0 Å². The molecule has 0 bridgehead atoms. The summed E-state index contributed by atoms with van der Waals surface area (Å²) in [6.07, 6.45) is -1.26. The molecular weight excluding hydrogens is 501 g/mol. The maximum absolute atomic E-state index is 13.3. The van der Waals surface area contributed by atoms with Gasteiger partial charge in [0, 0.05) is 52.2 Å². The first-order valence-corrected chi connectivity index (χ1v) is 13.4. The molecule has 1 amide bonds. The number of nitrogens with one attached hydrogen (secondary N) is 1. The van der Waals surface area contributed by atoms with Crippen LogP contribution in [0.25, 0.3) is 0 Å². The predicted molar refractivity (Wildman–Crippen MR) is 128 cm³/mol. The number of hydrogen-bond donors (Lipinski definition) is 2. The minimum absolute atomic E-state index is 0.0357. The number of carbonyl (C=O) groups excluding carboxylic acids is 1. The molecule has 0 aromatic heterocycles. The quantitative estimate of drug-likeness (QED) is 0.523. The summed E-state index contributed by atoms with van der Waals surface area (Å²) < 4.78 is 59.8. The largest absolute Gasteiger partial charge is 0.490 e. The molecule has 0 spiro atoms. The zero-order valence-electron chi connectivity index (χ0n) is 20.5. The van der Waals surface area contributed by atoms with Gasteiger partial charge in [-0.05, 0) is 45.0 Å². The van der Waals surface area contributed by atoms with E-state index in [0.29, 0.717) is 31.1 Å². The molecule has 2 fully saturated rings. The number of benzene rings is 1. The van der Waals surface area contributed by atoms with Crippen LogP contribution in [0.5, 0.6) is 0 Å². The summed E-state index contributed by atoms with van der Waals surface area (Å²) in [6, 6.07) is 6.97. The van der Waals surface area contributed by atoms with Crippen LogP contribution in [0.1, 0.15) is 31.2 Å². The fourth-order valence-corrected chi connectivity index (χ4v) is 5.37. The molecule has 0 saturated carbocycles. The van der Waals surface area contributed by atoms with E-state index in [1.807, 2.05) is 24.0 Å². The summed E-state index contributed by atoms with van der Waals surface area (Å²) >= 11 is 0. The van der Waals surface area contributed by atoms with Crippen molar-refractivity contribution in [2.75, 3.05) is 58.9 Å². The molecule has 0 radical (unpaired) electrons. The first-order valence-electron chi connectivity index (χ1n) is 12.0. The van der Waals surface area contributed by atoms with Crippen LogP contribution in [-0.2, 0) is 19.6 Å². The van der Waals surface area contributed by atoms with Gasteiger partial charge < -0.3 is 20.2 Å². The third kappa shape index (κ3) is 9.68. The van der Waals surface area contributed by atoms with E-state index >= 15 is 0 Å². The monoisotopic (exact) mass is 536 g/mol. The van der Waals surface area contributed by atoms with Gasteiger partial charge in [0.1, 0.15) is 0 Å². The van der Waals surface area contributed by atoms with Crippen LogP contribution in [0.4, 0.5) is 13.2 Å². The van der Waals surface area contributed by atoms with Crippen molar-refractivity contribution in [2.24, 2.45) is 0 Å². The molecule has 204 valence electrons. The first kappa shape index (κ1) is 30.0. The van der Waals surface area contributed by atoms with Gasteiger partial charge in [-0.25, -0.2) is 13.2 Å². The van der Waals surface area contributed by atoms with E-state index in [0.717, 1.165) is 31.7 Å².